The average Bonchev–Trinajstić information content (AvgIpc) is 2.69. The number of aliphatic hydroxyl groups excluding tert-OH is 2. The van der Waals surface area contributed by atoms with Crippen LogP contribution in [0.25, 0.3) is 0 Å². The highest BCUT2D eigenvalue weighted by atomic mass is 16.4. The number of primary amides is 1. The van der Waals surface area contributed by atoms with Gasteiger partial charge in [0.2, 0.25) is 23.6 Å². The molecule has 0 aliphatic carbocycles. The van der Waals surface area contributed by atoms with Gasteiger partial charge in [-0.2, -0.15) is 0 Å². The molecule has 0 aromatic carbocycles. The van der Waals surface area contributed by atoms with E-state index in [2.05, 4.69) is 10.6 Å². The quantitative estimate of drug-likeness (QED) is 0.111. The Kier molecular flexibility index (Phi) is 12.5. The Morgan fingerprint density at radius 1 is 0.844 bits per heavy atom. The molecule has 0 heterocycles. The first-order valence-electron chi connectivity index (χ1n) is 9.48. The molecule has 0 saturated heterocycles. The molecule has 0 aliphatic rings. The Bertz CT molecular complexity index is 714. The van der Waals surface area contributed by atoms with Crippen LogP contribution in [0.1, 0.15) is 32.6 Å². The summed E-state index contributed by atoms with van der Waals surface area (Å²) in [6.07, 6.45) is -2.85. The van der Waals surface area contributed by atoms with Crippen LogP contribution < -0.4 is 27.4 Å². The number of rotatable bonds is 15. The normalized spacial score (nSPS) is 15.4. The van der Waals surface area contributed by atoms with Gasteiger partial charge in [0.1, 0.15) is 18.1 Å². The number of carboxylic acid groups (broad SMARTS) is 2. The molecule has 5 atom stereocenters. The van der Waals surface area contributed by atoms with Crippen molar-refractivity contribution in [2.75, 3.05) is 6.61 Å². The number of aliphatic hydroxyl groups is 2. The van der Waals surface area contributed by atoms with Crippen molar-refractivity contribution < 1.29 is 49.2 Å². The Labute approximate surface area is 182 Å². The van der Waals surface area contributed by atoms with Gasteiger partial charge < -0.3 is 47.8 Å². The summed E-state index contributed by atoms with van der Waals surface area (Å²) in [7, 11) is 0. The summed E-state index contributed by atoms with van der Waals surface area (Å²) >= 11 is 0. The minimum absolute atomic E-state index is 0.118. The smallest absolute Gasteiger partial charge is 0.326 e. The molecule has 15 heteroatoms. The lowest BCUT2D eigenvalue weighted by molar-refractivity contribution is -0.144. The van der Waals surface area contributed by atoms with Crippen LogP contribution in [-0.4, -0.2) is 92.9 Å². The molecule has 0 aromatic heterocycles. The van der Waals surface area contributed by atoms with Crippen molar-refractivity contribution in [3.8, 4) is 0 Å². The molecule has 5 unspecified atom stereocenters. The number of carbonyl (C=O) groups is 6. The molecule has 15 nitrogen and oxygen atoms in total. The molecule has 0 aromatic rings. The van der Waals surface area contributed by atoms with E-state index in [-0.39, 0.29) is 12.8 Å². The number of amides is 4. The third kappa shape index (κ3) is 10.6. The molecule has 11 N–H and O–H groups in total. The van der Waals surface area contributed by atoms with E-state index in [4.69, 9.17) is 21.7 Å². The first-order chi connectivity index (χ1) is 14.8. The minimum atomic E-state index is -1.69. The maximum absolute atomic E-state index is 12.4. The molecular formula is C17H29N5O10. The van der Waals surface area contributed by atoms with Crippen LogP contribution in [-0.2, 0) is 28.8 Å². The number of hydrogen-bond donors (Lipinski definition) is 9. The Balaban J connectivity index is 5.15. The van der Waals surface area contributed by atoms with E-state index < -0.39 is 85.3 Å². The third-order valence-electron chi connectivity index (χ3n) is 4.18. The lowest BCUT2D eigenvalue weighted by atomic mass is 10.1. The highest BCUT2D eigenvalue weighted by Crippen LogP contribution is 2.02. The third-order valence-corrected chi connectivity index (χ3v) is 4.18. The number of hydrogen-bond acceptors (Lipinski definition) is 9. The summed E-state index contributed by atoms with van der Waals surface area (Å²) < 4.78 is 0. The van der Waals surface area contributed by atoms with Crippen molar-refractivity contribution in [1.29, 1.82) is 0 Å². The summed E-state index contributed by atoms with van der Waals surface area (Å²) in [5, 5.41) is 43.2. The van der Waals surface area contributed by atoms with Crippen LogP contribution in [0.3, 0.4) is 0 Å². The van der Waals surface area contributed by atoms with Crippen LogP contribution in [0.4, 0.5) is 0 Å². The topological polar surface area (TPSA) is 271 Å². The van der Waals surface area contributed by atoms with Crippen LogP contribution >= 0.6 is 0 Å². The lowest BCUT2D eigenvalue weighted by Crippen LogP contribution is -2.60. The number of carbonyl (C=O) groups excluding carboxylic acids is 4. The van der Waals surface area contributed by atoms with Gasteiger partial charge in [0.25, 0.3) is 0 Å². The highest BCUT2D eigenvalue weighted by Gasteiger charge is 2.32. The number of nitrogens with one attached hydrogen (secondary N) is 3. The molecule has 0 rings (SSSR count). The van der Waals surface area contributed by atoms with Gasteiger partial charge in [-0.25, -0.2) is 4.79 Å². The first kappa shape index (κ1) is 28.7. The SMILES string of the molecule is CC(O)C(NC(=O)C(CO)NC(=O)C(N)CCC(N)=O)C(=O)NC(CCC(=O)O)C(=O)O. The van der Waals surface area contributed by atoms with Gasteiger partial charge in [-0.1, -0.05) is 0 Å². The molecular weight excluding hydrogens is 434 g/mol. The predicted molar refractivity (Wildman–Crippen MR) is 105 cm³/mol. The maximum Gasteiger partial charge on any atom is 0.326 e. The van der Waals surface area contributed by atoms with E-state index in [1.165, 1.54) is 0 Å². The molecule has 0 spiro atoms. The standard InChI is InChI=1S/C17H29N5O10/c1-7(24)13(16(30)20-9(17(31)32)3-5-12(26)27)22-15(29)10(6-23)21-14(28)8(18)2-4-11(19)25/h7-10,13,23-24H,2-6,18H2,1H3,(H2,19,25)(H,20,30)(H,21,28)(H,22,29)(H,26,27)(H,31,32). The van der Waals surface area contributed by atoms with Crippen molar-refractivity contribution in [3.63, 3.8) is 0 Å². The van der Waals surface area contributed by atoms with Crippen molar-refractivity contribution in [1.82, 2.24) is 16.0 Å². The predicted octanol–water partition coefficient (Wildman–Crippen LogP) is -4.64. The molecule has 32 heavy (non-hydrogen) atoms. The maximum atomic E-state index is 12.4. The summed E-state index contributed by atoms with van der Waals surface area (Å²) in [5.41, 5.74) is 10.5. The zero-order valence-electron chi connectivity index (χ0n) is 17.3. The van der Waals surface area contributed by atoms with Crippen LogP contribution in [0, 0.1) is 0 Å². The second-order valence-corrected chi connectivity index (χ2v) is 6.91. The zero-order chi connectivity index (χ0) is 25.0. The molecule has 0 fully saturated rings. The summed E-state index contributed by atoms with van der Waals surface area (Å²) in [6, 6.07) is -6.10. The Morgan fingerprint density at radius 2 is 1.41 bits per heavy atom. The average molecular weight is 463 g/mol. The summed E-state index contributed by atoms with van der Waals surface area (Å²) in [6.45, 7) is 0.203. The monoisotopic (exact) mass is 463 g/mol. The molecule has 182 valence electrons. The largest absolute Gasteiger partial charge is 0.481 e. The van der Waals surface area contributed by atoms with Gasteiger partial charge >= 0.3 is 11.9 Å². The number of carboxylic acids is 2. The van der Waals surface area contributed by atoms with Crippen molar-refractivity contribution in [3.05, 3.63) is 0 Å². The van der Waals surface area contributed by atoms with Crippen molar-refractivity contribution >= 4 is 35.6 Å². The van der Waals surface area contributed by atoms with Gasteiger partial charge in [-0.3, -0.25) is 24.0 Å². The summed E-state index contributed by atoms with van der Waals surface area (Å²) in [5.74, 6) is -6.63. The van der Waals surface area contributed by atoms with Gasteiger partial charge in [-0.15, -0.1) is 0 Å². The molecule has 0 saturated carbocycles. The van der Waals surface area contributed by atoms with E-state index in [1.807, 2.05) is 5.32 Å². The Morgan fingerprint density at radius 3 is 1.84 bits per heavy atom. The fourth-order valence-electron chi connectivity index (χ4n) is 2.35. The summed E-state index contributed by atoms with van der Waals surface area (Å²) in [4.78, 5) is 69.3. The van der Waals surface area contributed by atoms with E-state index in [9.17, 15) is 39.0 Å². The van der Waals surface area contributed by atoms with Gasteiger partial charge in [-0.05, 0) is 19.8 Å². The highest BCUT2D eigenvalue weighted by molar-refractivity contribution is 5.94. The fourth-order valence-corrected chi connectivity index (χ4v) is 2.35. The van der Waals surface area contributed by atoms with E-state index >= 15 is 0 Å². The van der Waals surface area contributed by atoms with E-state index in [0.29, 0.717) is 0 Å². The second kappa shape index (κ2) is 13.9. The Hall–Kier alpha value is -3.30. The first-order valence-corrected chi connectivity index (χ1v) is 9.48. The fraction of sp³-hybridized carbons (Fsp3) is 0.647. The lowest BCUT2D eigenvalue weighted by Gasteiger charge is -2.25. The molecule has 0 aliphatic heterocycles. The van der Waals surface area contributed by atoms with Crippen molar-refractivity contribution in [2.24, 2.45) is 11.5 Å². The minimum Gasteiger partial charge on any atom is -0.481 e. The van der Waals surface area contributed by atoms with E-state index in [1.54, 1.807) is 0 Å². The zero-order valence-corrected chi connectivity index (χ0v) is 17.3. The molecule has 0 radical (unpaired) electrons. The second-order valence-electron chi connectivity index (χ2n) is 6.91. The number of nitrogens with two attached hydrogens (primary N) is 2. The van der Waals surface area contributed by atoms with Crippen LogP contribution in [0.5, 0.6) is 0 Å². The van der Waals surface area contributed by atoms with Crippen molar-refractivity contribution in [2.45, 2.75) is 62.9 Å². The van der Waals surface area contributed by atoms with Crippen LogP contribution in [0.2, 0.25) is 0 Å². The number of aliphatic carboxylic acids is 2. The van der Waals surface area contributed by atoms with Gasteiger partial charge in [0.05, 0.1) is 18.8 Å². The van der Waals surface area contributed by atoms with Crippen LogP contribution in [0.15, 0.2) is 0 Å². The van der Waals surface area contributed by atoms with Gasteiger partial charge in [0, 0.05) is 12.8 Å². The molecule has 0 bridgehead atoms. The van der Waals surface area contributed by atoms with Gasteiger partial charge in [0.15, 0.2) is 0 Å². The van der Waals surface area contributed by atoms with E-state index in [0.717, 1.165) is 6.92 Å². The molecule has 4 amide bonds.